The number of hydrogen-bond acceptors (Lipinski definition) is 5. The van der Waals surface area contributed by atoms with Crippen molar-refractivity contribution < 1.29 is 18.1 Å². The molecule has 0 atom stereocenters. The molecule has 8 nitrogen and oxygen atoms in total. The Balaban J connectivity index is 1.94. The molecule has 3 aromatic rings. The molecule has 1 amide bonds. The Hall–Kier alpha value is -3.98. The van der Waals surface area contributed by atoms with Gasteiger partial charge in [-0.05, 0) is 48.4 Å². The van der Waals surface area contributed by atoms with E-state index in [4.69, 9.17) is 0 Å². The van der Waals surface area contributed by atoms with Crippen molar-refractivity contribution in [1.82, 2.24) is 0 Å². The number of nitro groups is 1. The van der Waals surface area contributed by atoms with E-state index in [1.807, 2.05) is 30.3 Å². The van der Waals surface area contributed by atoms with Gasteiger partial charge in [-0.3, -0.25) is 19.6 Å². The van der Waals surface area contributed by atoms with Gasteiger partial charge in [0.1, 0.15) is 0 Å². The SMILES string of the molecule is CCS(=O)(=O)Nc1ccc2c(c1)/C(=C(/c1ccccc1)c1ccc([N+](=O)[O-])cc1)C(=O)N2. The molecule has 1 heterocycles. The number of anilines is 2. The second-order valence-electron chi connectivity index (χ2n) is 7.14. The van der Waals surface area contributed by atoms with E-state index in [1.54, 1.807) is 30.3 Å². The van der Waals surface area contributed by atoms with Crippen molar-refractivity contribution in [1.29, 1.82) is 0 Å². The van der Waals surface area contributed by atoms with Crippen LogP contribution in [0.1, 0.15) is 23.6 Å². The van der Waals surface area contributed by atoms with Crippen molar-refractivity contribution in [3.05, 3.63) is 99.6 Å². The van der Waals surface area contributed by atoms with Gasteiger partial charge in [0, 0.05) is 34.6 Å². The predicted octanol–water partition coefficient (Wildman–Crippen LogP) is 4.27. The summed E-state index contributed by atoms with van der Waals surface area (Å²) in [6, 6.07) is 20.0. The number of nitrogens with one attached hydrogen (secondary N) is 2. The zero-order chi connectivity index (χ0) is 22.9. The topological polar surface area (TPSA) is 118 Å². The number of fused-ring (bicyclic) bond motifs is 1. The lowest BCUT2D eigenvalue weighted by Gasteiger charge is -2.13. The summed E-state index contributed by atoms with van der Waals surface area (Å²) in [7, 11) is -3.49. The summed E-state index contributed by atoms with van der Waals surface area (Å²) in [5, 5.41) is 13.9. The van der Waals surface area contributed by atoms with Crippen molar-refractivity contribution in [2.24, 2.45) is 0 Å². The van der Waals surface area contributed by atoms with Gasteiger partial charge < -0.3 is 5.32 Å². The van der Waals surface area contributed by atoms with Crippen LogP contribution in [0.15, 0.2) is 72.8 Å². The Morgan fingerprint density at radius 1 is 1.00 bits per heavy atom. The fourth-order valence-electron chi connectivity index (χ4n) is 3.54. The number of nitrogens with zero attached hydrogens (tertiary/aromatic N) is 1. The standard InChI is InChI=1S/C23H19N3O5S/c1-2-32(30,31)25-17-10-13-20-19(14-17)22(23(27)24-20)21(15-6-4-3-5-7-15)16-8-11-18(12-9-16)26(28)29/h3-14,25H,2H2,1H3,(H,24,27)/b22-21+. The third-order valence-electron chi connectivity index (χ3n) is 5.10. The van der Waals surface area contributed by atoms with E-state index in [9.17, 15) is 23.3 Å². The number of carbonyl (C=O) groups is 1. The first kappa shape index (κ1) is 21.3. The lowest BCUT2D eigenvalue weighted by Crippen LogP contribution is -2.14. The summed E-state index contributed by atoms with van der Waals surface area (Å²) in [4.78, 5) is 23.6. The number of hydrogen-bond donors (Lipinski definition) is 2. The number of rotatable bonds is 6. The molecular formula is C23H19N3O5S. The number of benzene rings is 3. The Morgan fingerprint density at radius 3 is 2.28 bits per heavy atom. The van der Waals surface area contributed by atoms with E-state index in [0.717, 1.165) is 5.56 Å². The lowest BCUT2D eigenvalue weighted by atomic mass is 9.90. The predicted molar refractivity (Wildman–Crippen MR) is 124 cm³/mol. The zero-order valence-corrected chi connectivity index (χ0v) is 17.8. The monoisotopic (exact) mass is 449 g/mol. The number of nitro benzene ring substituents is 1. The van der Waals surface area contributed by atoms with Gasteiger partial charge in [-0.2, -0.15) is 0 Å². The molecule has 2 N–H and O–H groups in total. The first-order valence-electron chi connectivity index (χ1n) is 9.80. The summed E-state index contributed by atoms with van der Waals surface area (Å²) < 4.78 is 26.5. The molecule has 9 heteroatoms. The normalized spacial score (nSPS) is 14.5. The quantitative estimate of drug-likeness (QED) is 0.331. The van der Waals surface area contributed by atoms with Crippen LogP contribution in [0.25, 0.3) is 11.1 Å². The maximum atomic E-state index is 13.0. The minimum Gasteiger partial charge on any atom is -0.321 e. The number of sulfonamides is 1. The highest BCUT2D eigenvalue weighted by molar-refractivity contribution is 7.92. The minimum atomic E-state index is -3.49. The molecule has 4 rings (SSSR count). The van der Waals surface area contributed by atoms with Crippen LogP contribution >= 0.6 is 0 Å². The maximum absolute atomic E-state index is 13.0. The van der Waals surface area contributed by atoms with E-state index in [2.05, 4.69) is 10.0 Å². The van der Waals surface area contributed by atoms with Crippen LogP contribution < -0.4 is 10.0 Å². The van der Waals surface area contributed by atoms with Crippen LogP contribution in [0.2, 0.25) is 0 Å². The highest BCUT2D eigenvalue weighted by Crippen LogP contribution is 2.41. The molecule has 32 heavy (non-hydrogen) atoms. The van der Waals surface area contributed by atoms with Gasteiger partial charge in [-0.15, -0.1) is 0 Å². The summed E-state index contributed by atoms with van der Waals surface area (Å²) >= 11 is 0. The summed E-state index contributed by atoms with van der Waals surface area (Å²) in [6.07, 6.45) is 0. The van der Waals surface area contributed by atoms with Gasteiger partial charge in [0.25, 0.3) is 11.6 Å². The average molecular weight is 449 g/mol. The van der Waals surface area contributed by atoms with Crippen LogP contribution in [0.3, 0.4) is 0 Å². The minimum absolute atomic E-state index is 0.0568. The Morgan fingerprint density at radius 2 is 1.66 bits per heavy atom. The van der Waals surface area contributed by atoms with Crippen molar-refractivity contribution in [2.45, 2.75) is 6.92 Å². The van der Waals surface area contributed by atoms with Crippen molar-refractivity contribution in [2.75, 3.05) is 15.8 Å². The van der Waals surface area contributed by atoms with Gasteiger partial charge >= 0.3 is 0 Å². The van der Waals surface area contributed by atoms with Gasteiger partial charge in [0.2, 0.25) is 10.0 Å². The van der Waals surface area contributed by atoms with E-state index < -0.39 is 14.9 Å². The van der Waals surface area contributed by atoms with E-state index in [0.29, 0.717) is 33.6 Å². The molecule has 0 unspecified atom stereocenters. The van der Waals surface area contributed by atoms with Crippen molar-refractivity contribution >= 4 is 44.1 Å². The second-order valence-corrected chi connectivity index (χ2v) is 9.15. The average Bonchev–Trinajstić information content (AvgIpc) is 3.10. The van der Waals surface area contributed by atoms with E-state index in [1.165, 1.54) is 19.1 Å². The molecule has 0 bridgehead atoms. The Bertz CT molecular complexity index is 1350. The molecule has 162 valence electrons. The van der Waals surface area contributed by atoms with Crippen LogP contribution in [0.4, 0.5) is 17.1 Å². The van der Waals surface area contributed by atoms with Crippen molar-refractivity contribution in [3.63, 3.8) is 0 Å². The molecule has 1 aliphatic rings. The number of non-ortho nitro benzene ring substituents is 1. The number of amides is 1. The molecule has 0 fully saturated rings. The van der Waals surface area contributed by atoms with Crippen LogP contribution in [-0.4, -0.2) is 25.0 Å². The number of carbonyl (C=O) groups excluding carboxylic acids is 1. The third-order valence-corrected chi connectivity index (χ3v) is 6.40. The molecule has 0 aliphatic carbocycles. The summed E-state index contributed by atoms with van der Waals surface area (Å²) in [6.45, 7) is 1.54. The summed E-state index contributed by atoms with van der Waals surface area (Å²) in [5.41, 5.74) is 3.71. The van der Waals surface area contributed by atoms with E-state index in [-0.39, 0.29) is 17.3 Å². The fraction of sp³-hybridized carbons (Fsp3) is 0.0870. The Kier molecular flexibility index (Phi) is 5.50. The zero-order valence-electron chi connectivity index (χ0n) is 17.0. The van der Waals surface area contributed by atoms with E-state index >= 15 is 0 Å². The van der Waals surface area contributed by atoms with Crippen molar-refractivity contribution in [3.8, 4) is 0 Å². The third kappa shape index (κ3) is 4.10. The van der Waals surface area contributed by atoms with Gasteiger partial charge in [0.15, 0.2) is 0 Å². The molecular weight excluding hydrogens is 430 g/mol. The Labute approximate surface area is 184 Å². The highest BCUT2D eigenvalue weighted by Gasteiger charge is 2.29. The molecule has 0 saturated heterocycles. The molecule has 0 spiro atoms. The molecule has 0 radical (unpaired) electrons. The molecule has 1 aliphatic heterocycles. The highest BCUT2D eigenvalue weighted by atomic mass is 32.2. The van der Waals surface area contributed by atoms with Gasteiger partial charge in [0.05, 0.1) is 16.2 Å². The molecule has 0 aromatic heterocycles. The molecule has 3 aromatic carbocycles. The van der Waals surface area contributed by atoms with Crippen LogP contribution in [0.5, 0.6) is 0 Å². The smallest absolute Gasteiger partial charge is 0.269 e. The summed E-state index contributed by atoms with van der Waals surface area (Å²) in [5.74, 6) is -0.421. The largest absolute Gasteiger partial charge is 0.321 e. The van der Waals surface area contributed by atoms with Gasteiger partial charge in [-0.25, -0.2) is 8.42 Å². The second kappa shape index (κ2) is 8.27. The first-order chi connectivity index (χ1) is 15.3. The molecule has 0 saturated carbocycles. The van der Waals surface area contributed by atoms with Gasteiger partial charge in [-0.1, -0.05) is 30.3 Å². The van der Waals surface area contributed by atoms with Crippen LogP contribution in [-0.2, 0) is 14.8 Å². The lowest BCUT2D eigenvalue weighted by molar-refractivity contribution is -0.384. The maximum Gasteiger partial charge on any atom is 0.269 e. The first-order valence-corrected chi connectivity index (χ1v) is 11.4. The van der Waals surface area contributed by atoms with Crippen LogP contribution in [0, 0.1) is 10.1 Å². The fourth-order valence-corrected chi connectivity index (χ4v) is 4.17.